The summed E-state index contributed by atoms with van der Waals surface area (Å²) in [5, 5.41) is 13.4. The van der Waals surface area contributed by atoms with Crippen molar-refractivity contribution in [2.75, 3.05) is 13.1 Å². The summed E-state index contributed by atoms with van der Waals surface area (Å²) in [6.07, 6.45) is 7.69. The number of carbonyl (C=O) groups excluding carboxylic acids is 1. The maximum Gasteiger partial charge on any atom is 0.220 e. The van der Waals surface area contributed by atoms with Gasteiger partial charge in [-0.05, 0) is 43.6 Å². The third-order valence-corrected chi connectivity index (χ3v) is 5.06. The fourth-order valence-corrected chi connectivity index (χ4v) is 3.59. The highest BCUT2D eigenvalue weighted by Crippen LogP contribution is 2.42. The lowest BCUT2D eigenvalue weighted by Crippen LogP contribution is -2.48. The molecule has 0 heterocycles. The normalized spacial score (nSPS) is 33.5. The molecule has 0 radical (unpaired) electrons. The van der Waals surface area contributed by atoms with Crippen LogP contribution >= 0.6 is 0 Å². The molecule has 0 aromatic rings. The number of hydrogen-bond acceptors (Lipinski definition) is 3. The highest BCUT2D eigenvalue weighted by Gasteiger charge is 2.38. The van der Waals surface area contributed by atoms with Gasteiger partial charge in [0, 0.05) is 13.0 Å². The largest absolute Gasteiger partial charge is 0.388 e. The fourth-order valence-electron chi connectivity index (χ4n) is 3.59. The molecule has 4 N–H and O–H groups in total. The maximum absolute atomic E-state index is 12.0. The van der Waals surface area contributed by atoms with Gasteiger partial charge in [-0.1, -0.05) is 26.2 Å². The van der Waals surface area contributed by atoms with E-state index in [-0.39, 0.29) is 11.3 Å². The van der Waals surface area contributed by atoms with Crippen molar-refractivity contribution in [2.45, 2.75) is 63.9 Å². The van der Waals surface area contributed by atoms with E-state index in [1.165, 1.54) is 12.8 Å². The SMILES string of the molecule is CC1CCCC(O)(CNC(=O)CC2(CN)CCC2)C1. The Kier molecular flexibility index (Phi) is 4.51. The molecule has 2 aliphatic carbocycles. The van der Waals surface area contributed by atoms with E-state index < -0.39 is 5.60 Å². The van der Waals surface area contributed by atoms with Crippen LogP contribution in [0, 0.1) is 11.3 Å². The molecule has 0 spiro atoms. The molecule has 4 heteroatoms. The molecule has 0 saturated heterocycles. The highest BCUT2D eigenvalue weighted by molar-refractivity contribution is 5.77. The van der Waals surface area contributed by atoms with Gasteiger partial charge >= 0.3 is 0 Å². The molecule has 0 aromatic heterocycles. The van der Waals surface area contributed by atoms with Crippen LogP contribution in [0.1, 0.15) is 58.3 Å². The first-order valence-electron chi connectivity index (χ1n) is 7.66. The topological polar surface area (TPSA) is 75.3 Å². The van der Waals surface area contributed by atoms with Gasteiger partial charge < -0.3 is 16.2 Å². The predicted octanol–water partition coefficient (Wildman–Crippen LogP) is 1.56. The van der Waals surface area contributed by atoms with E-state index >= 15 is 0 Å². The minimum atomic E-state index is -0.692. The fraction of sp³-hybridized carbons (Fsp3) is 0.933. The van der Waals surface area contributed by atoms with Crippen LogP contribution < -0.4 is 11.1 Å². The summed E-state index contributed by atoms with van der Waals surface area (Å²) < 4.78 is 0. The van der Waals surface area contributed by atoms with Crippen LogP contribution in [0.25, 0.3) is 0 Å². The highest BCUT2D eigenvalue weighted by atomic mass is 16.3. The molecule has 2 rings (SSSR count). The zero-order chi connectivity index (χ0) is 13.9. The first-order chi connectivity index (χ1) is 8.97. The van der Waals surface area contributed by atoms with Crippen molar-refractivity contribution in [3.8, 4) is 0 Å². The lowest BCUT2D eigenvalue weighted by Gasteiger charge is -2.41. The van der Waals surface area contributed by atoms with E-state index in [0.29, 0.717) is 25.4 Å². The van der Waals surface area contributed by atoms with Crippen LogP contribution in [-0.4, -0.2) is 29.7 Å². The number of aliphatic hydroxyl groups is 1. The summed E-state index contributed by atoms with van der Waals surface area (Å²) in [4.78, 5) is 12.0. The molecule has 2 fully saturated rings. The average Bonchev–Trinajstić information content (AvgIpc) is 2.31. The summed E-state index contributed by atoms with van der Waals surface area (Å²) in [6.45, 7) is 3.17. The smallest absolute Gasteiger partial charge is 0.220 e. The minimum absolute atomic E-state index is 0.0482. The second-order valence-corrected chi connectivity index (χ2v) is 6.94. The van der Waals surface area contributed by atoms with Crippen molar-refractivity contribution >= 4 is 5.91 Å². The van der Waals surface area contributed by atoms with Gasteiger partial charge in [0.25, 0.3) is 0 Å². The molecular weight excluding hydrogens is 240 g/mol. The Morgan fingerprint density at radius 3 is 2.63 bits per heavy atom. The molecule has 2 unspecified atom stereocenters. The summed E-state index contributed by atoms with van der Waals surface area (Å²) in [6, 6.07) is 0. The molecule has 19 heavy (non-hydrogen) atoms. The van der Waals surface area contributed by atoms with Crippen LogP contribution in [-0.2, 0) is 4.79 Å². The molecule has 2 aliphatic rings. The molecule has 0 bridgehead atoms. The summed E-state index contributed by atoms with van der Waals surface area (Å²) >= 11 is 0. The summed E-state index contributed by atoms with van der Waals surface area (Å²) in [5.41, 5.74) is 5.13. The Balaban J connectivity index is 1.76. The minimum Gasteiger partial charge on any atom is -0.388 e. The molecular formula is C15H28N2O2. The van der Waals surface area contributed by atoms with E-state index in [2.05, 4.69) is 12.2 Å². The van der Waals surface area contributed by atoms with Crippen molar-refractivity contribution in [1.29, 1.82) is 0 Å². The van der Waals surface area contributed by atoms with Gasteiger partial charge in [-0.25, -0.2) is 0 Å². The van der Waals surface area contributed by atoms with Crippen molar-refractivity contribution in [3.63, 3.8) is 0 Å². The van der Waals surface area contributed by atoms with Crippen LogP contribution in [0.4, 0.5) is 0 Å². The van der Waals surface area contributed by atoms with E-state index in [9.17, 15) is 9.90 Å². The molecule has 0 aliphatic heterocycles. The van der Waals surface area contributed by atoms with Crippen LogP contribution in [0.3, 0.4) is 0 Å². The Labute approximate surface area is 116 Å². The van der Waals surface area contributed by atoms with Gasteiger partial charge in [-0.15, -0.1) is 0 Å². The monoisotopic (exact) mass is 268 g/mol. The van der Waals surface area contributed by atoms with E-state index in [0.717, 1.165) is 32.1 Å². The lowest BCUT2D eigenvalue weighted by atomic mass is 9.66. The lowest BCUT2D eigenvalue weighted by molar-refractivity contribution is -0.126. The van der Waals surface area contributed by atoms with E-state index in [1.54, 1.807) is 0 Å². The van der Waals surface area contributed by atoms with Crippen molar-refractivity contribution in [1.82, 2.24) is 5.32 Å². The Bertz CT molecular complexity index is 323. The first kappa shape index (κ1) is 14.8. The zero-order valence-electron chi connectivity index (χ0n) is 12.1. The van der Waals surface area contributed by atoms with Gasteiger partial charge in [0.05, 0.1) is 5.60 Å². The molecule has 2 saturated carbocycles. The maximum atomic E-state index is 12.0. The van der Waals surface area contributed by atoms with Crippen molar-refractivity contribution in [2.24, 2.45) is 17.1 Å². The van der Waals surface area contributed by atoms with E-state index in [4.69, 9.17) is 5.73 Å². The van der Waals surface area contributed by atoms with Crippen molar-refractivity contribution in [3.05, 3.63) is 0 Å². The van der Waals surface area contributed by atoms with E-state index in [1.807, 2.05) is 0 Å². The standard InChI is InChI=1S/C15H28N2O2/c1-12-4-2-7-15(19,8-12)11-17-13(18)9-14(10-16)5-3-6-14/h12,19H,2-11,16H2,1H3,(H,17,18). The van der Waals surface area contributed by atoms with Crippen molar-refractivity contribution < 1.29 is 9.90 Å². The average molecular weight is 268 g/mol. The zero-order valence-corrected chi connectivity index (χ0v) is 12.1. The Morgan fingerprint density at radius 2 is 2.11 bits per heavy atom. The Morgan fingerprint density at radius 1 is 1.37 bits per heavy atom. The predicted molar refractivity (Wildman–Crippen MR) is 75.5 cm³/mol. The van der Waals surface area contributed by atoms with Gasteiger partial charge in [-0.3, -0.25) is 4.79 Å². The van der Waals surface area contributed by atoms with Gasteiger partial charge in [-0.2, -0.15) is 0 Å². The van der Waals surface area contributed by atoms with Gasteiger partial charge in [0.1, 0.15) is 0 Å². The number of carbonyl (C=O) groups is 1. The third kappa shape index (κ3) is 3.69. The molecule has 4 nitrogen and oxygen atoms in total. The molecule has 0 aromatic carbocycles. The molecule has 110 valence electrons. The first-order valence-corrected chi connectivity index (χ1v) is 7.66. The second kappa shape index (κ2) is 5.80. The van der Waals surface area contributed by atoms with Gasteiger partial charge in [0.2, 0.25) is 5.91 Å². The number of nitrogens with two attached hydrogens (primary N) is 1. The summed E-state index contributed by atoms with van der Waals surface area (Å²) in [5.74, 6) is 0.606. The number of amides is 1. The van der Waals surface area contributed by atoms with Crippen LogP contribution in [0.5, 0.6) is 0 Å². The van der Waals surface area contributed by atoms with Crippen LogP contribution in [0.2, 0.25) is 0 Å². The quantitative estimate of drug-likeness (QED) is 0.708. The molecule has 1 amide bonds. The number of nitrogens with one attached hydrogen (secondary N) is 1. The third-order valence-electron chi connectivity index (χ3n) is 5.06. The second-order valence-electron chi connectivity index (χ2n) is 6.94. The molecule has 2 atom stereocenters. The summed E-state index contributed by atoms with van der Waals surface area (Å²) in [7, 11) is 0. The Hall–Kier alpha value is -0.610. The number of hydrogen-bond donors (Lipinski definition) is 3. The van der Waals surface area contributed by atoms with Gasteiger partial charge in [0.15, 0.2) is 0 Å². The number of rotatable bonds is 5. The van der Waals surface area contributed by atoms with Crippen LogP contribution in [0.15, 0.2) is 0 Å².